The van der Waals surface area contributed by atoms with Gasteiger partial charge in [0.1, 0.15) is 0 Å². The van der Waals surface area contributed by atoms with Crippen molar-refractivity contribution in [1.82, 2.24) is 4.90 Å². The van der Waals surface area contributed by atoms with Crippen LogP contribution < -0.4 is 0 Å². The summed E-state index contributed by atoms with van der Waals surface area (Å²) in [7, 11) is 1.44. The molecule has 0 aromatic heterocycles. The molecule has 1 saturated heterocycles. The van der Waals surface area contributed by atoms with Crippen LogP contribution in [0.15, 0.2) is 29.2 Å². The van der Waals surface area contributed by atoms with Crippen LogP contribution in [0, 0.1) is 0 Å². The molecule has 94 valence electrons. The molecule has 0 saturated carbocycles. The summed E-state index contributed by atoms with van der Waals surface area (Å²) in [5.74, 6) is -1.54. The molecular weight excluding hydrogens is 254 g/mol. The van der Waals surface area contributed by atoms with Crippen LogP contribution in [0.1, 0.15) is 16.8 Å². The number of aromatic carboxylic acids is 1. The highest BCUT2D eigenvalue weighted by atomic mass is 32.2. The zero-order valence-electron chi connectivity index (χ0n) is 9.62. The lowest BCUT2D eigenvalue weighted by Crippen LogP contribution is -2.26. The van der Waals surface area contributed by atoms with Crippen LogP contribution in [0.4, 0.5) is 0 Å². The lowest BCUT2D eigenvalue weighted by atomic mass is 10.2. The van der Waals surface area contributed by atoms with E-state index in [0.717, 1.165) is 16.7 Å². The van der Waals surface area contributed by atoms with Gasteiger partial charge in [0.25, 0.3) is 0 Å². The van der Waals surface area contributed by atoms with Gasteiger partial charge in [0.05, 0.1) is 10.8 Å². The van der Waals surface area contributed by atoms with Gasteiger partial charge in [0.2, 0.25) is 11.8 Å². The van der Waals surface area contributed by atoms with E-state index in [1.165, 1.54) is 13.1 Å². The second kappa shape index (κ2) is 4.81. The number of likely N-dealkylation sites (tertiary alicyclic amines) is 1. The number of carbonyl (C=O) groups excluding carboxylic acids is 2. The third-order valence-corrected chi connectivity index (χ3v) is 3.99. The van der Waals surface area contributed by atoms with Gasteiger partial charge < -0.3 is 5.11 Å². The van der Waals surface area contributed by atoms with Gasteiger partial charge in [0.15, 0.2) is 0 Å². The van der Waals surface area contributed by atoms with Gasteiger partial charge in [-0.15, -0.1) is 11.8 Å². The fourth-order valence-corrected chi connectivity index (χ4v) is 2.94. The number of carbonyl (C=O) groups is 3. The normalized spacial score (nSPS) is 19.4. The minimum atomic E-state index is -1.04. The molecule has 0 aliphatic carbocycles. The van der Waals surface area contributed by atoms with Crippen LogP contribution in [-0.2, 0) is 9.59 Å². The summed E-state index contributed by atoms with van der Waals surface area (Å²) in [6.07, 6.45) is 0.119. The fraction of sp³-hybridized carbons (Fsp3) is 0.250. The molecule has 0 spiro atoms. The number of hydrogen-bond donors (Lipinski definition) is 1. The molecule has 1 aliphatic rings. The maximum absolute atomic E-state index is 11.7. The van der Waals surface area contributed by atoms with Crippen molar-refractivity contribution in [2.75, 3.05) is 7.05 Å². The van der Waals surface area contributed by atoms with Crippen molar-refractivity contribution < 1.29 is 19.5 Å². The lowest BCUT2D eigenvalue weighted by Gasteiger charge is -2.10. The zero-order chi connectivity index (χ0) is 13.3. The molecule has 1 aliphatic heterocycles. The first-order chi connectivity index (χ1) is 8.50. The van der Waals surface area contributed by atoms with Gasteiger partial charge in [-0.25, -0.2) is 4.79 Å². The zero-order valence-corrected chi connectivity index (χ0v) is 10.4. The average molecular weight is 265 g/mol. The van der Waals surface area contributed by atoms with Crippen LogP contribution in [-0.4, -0.2) is 40.1 Å². The van der Waals surface area contributed by atoms with Gasteiger partial charge in [-0.3, -0.25) is 14.5 Å². The smallest absolute Gasteiger partial charge is 0.336 e. The number of imide groups is 1. The number of carboxylic acid groups (broad SMARTS) is 1. The van der Waals surface area contributed by atoms with Crippen molar-refractivity contribution in [3.63, 3.8) is 0 Å². The lowest BCUT2D eigenvalue weighted by molar-refractivity contribution is -0.136. The number of thioether (sulfide) groups is 1. The molecule has 0 unspecified atom stereocenters. The molecule has 5 nitrogen and oxygen atoms in total. The van der Waals surface area contributed by atoms with Gasteiger partial charge in [-0.1, -0.05) is 12.1 Å². The Morgan fingerprint density at radius 1 is 1.39 bits per heavy atom. The van der Waals surface area contributed by atoms with Crippen LogP contribution in [0.3, 0.4) is 0 Å². The Labute approximate surface area is 108 Å². The number of amides is 2. The van der Waals surface area contributed by atoms with E-state index in [0.29, 0.717) is 4.90 Å². The summed E-state index contributed by atoms with van der Waals surface area (Å²) < 4.78 is 0. The highest BCUT2D eigenvalue weighted by Crippen LogP contribution is 2.32. The molecule has 0 radical (unpaired) electrons. The van der Waals surface area contributed by atoms with E-state index < -0.39 is 11.2 Å². The fourth-order valence-electron chi connectivity index (χ4n) is 1.71. The second-order valence-electron chi connectivity index (χ2n) is 3.90. The third-order valence-electron chi connectivity index (χ3n) is 2.73. The predicted molar refractivity (Wildman–Crippen MR) is 65.4 cm³/mol. The third kappa shape index (κ3) is 2.24. The Balaban J connectivity index is 2.23. The predicted octanol–water partition coefficient (Wildman–Crippen LogP) is 1.23. The summed E-state index contributed by atoms with van der Waals surface area (Å²) in [6, 6.07) is 6.46. The Hall–Kier alpha value is -1.82. The van der Waals surface area contributed by atoms with Crippen LogP contribution in [0.25, 0.3) is 0 Å². The van der Waals surface area contributed by atoms with Crippen molar-refractivity contribution in [1.29, 1.82) is 0 Å². The van der Waals surface area contributed by atoms with Crippen LogP contribution >= 0.6 is 11.8 Å². The second-order valence-corrected chi connectivity index (χ2v) is 5.15. The Bertz CT molecular complexity index is 529. The SMILES string of the molecule is CN1C(=O)C[C@H](Sc2ccccc2C(=O)O)C1=O. The number of rotatable bonds is 3. The summed E-state index contributed by atoms with van der Waals surface area (Å²) in [4.78, 5) is 35.7. The Morgan fingerprint density at radius 2 is 2.06 bits per heavy atom. The van der Waals surface area contributed by atoms with Crippen LogP contribution in [0.2, 0.25) is 0 Å². The van der Waals surface area contributed by atoms with E-state index in [1.807, 2.05) is 0 Å². The maximum atomic E-state index is 11.7. The molecule has 1 heterocycles. The van der Waals surface area contributed by atoms with E-state index in [4.69, 9.17) is 5.11 Å². The maximum Gasteiger partial charge on any atom is 0.336 e. The average Bonchev–Trinajstić information content (AvgIpc) is 2.57. The summed E-state index contributed by atoms with van der Waals surface area (Å²) in [5, 5.41) is 8.51. The van der Waals surface area contributed by atoms with Gasteiger partial charge in [-0.2, -0.15) is 0 Å². The quantitative estimate of drug-likeness (QED) is 0.832. The standard InChI is InChI=1S/C12H11NO4S/c1-13-10(14)6-9(11(13)15)18-8-5-3-2-4-7(8)12(16)17/h2-5,9H,6H2,1H3,(H,16,17)/t9-/m0/s1. The van der Waals surface area contributed by atoms with E-state index in [9.17, 15) is 14.4 Å². The number of benzene rings is 1. The summed E-state index contributed by atoms with van der Waals surface area (Å²) >= 11 is 1.13. The number of carboxylic acids is 1. The van der Waals surface area contributed by atoms with Gasteiger partial charge in [0, 0.05) is 18.4 Å². The first kappa shape index (κ1) is 12.6. The molecule has 2 rings (SSSR count). The molecule has 2 amide bonds. The van der Waals surface area contributed by atoms with Crippen molar-refractivity contribution in [2.24, 2.45) is 0 Å². The largest absolute Gasteiger partial charge is 0.478 e. The molecule has 18 heavy (non-hydrogen) atoms. The van der Waals surface area contributed by atoms with E-state index in [1.54, 1.807) is 18.2 Å². The molecule has 0 bridgehead atoms. The highest BCUT2D eigenvalue weighted by Gasteiger charge is 2.37. The highest BCUT2D eigenvalue weighted by molar-refractivity contribution is 8.00. The molecule has 1 aromatic carbocycles. The molecule has 1 fully saturated rings. The Kier molecular flexibility index (Phi) is 3.38. The number of hydrogen-bond acceptors (Lipinski definition) is 4. The van der Waals surface area contributed by atoms with E-state index >= 15 is 0 Å². The summed E-state index contributed by atoms with van der Waals surface area (Å²) in [6.45, 7) is 0. The van der Waals surface area contributed by atoms with Crippen molar-refractivity contribution >= 4 is 29.5 Å². The van der Waals surface area contributed by atoms with E-state index in [-0.39, 0.29) is 23.8 Å². The first-order valence-electron chi connectivity index (χ1n) is 5.30. The first-order valence-corrected chi connectivity index (χ1v) is 6.18. The molecular formula is C12H11NO4S. The molecule has 6 heteroatoms. The van der Waals surface area contributed by atoms with Crippen molar-refractivity contribution in [2.45, 2.75) is 16.6 Å². The monoisotopic (exact) mass is 265 g/mol. The van der Waals surface area contributed by atoms with Crippen molar-refractivity contribution in [3.05, 3.63) is 29.8 Å². The number of nitrogens with zero attached hydrogens (tertiary/aromatic N) is 1. The minimum Gasteiger partial charge on any atom is -0.478 e. The topological polar surface area (TPSA) is 74.7 Å². The van der Waals surface area contributed by atoms with Crippen LogP contribution in [0.5, 0.6) is 0 Å². The Morgan fingerprint density at radius 3 is 2.61 bits per heavy atom. The minimum absolute atomic E-state index is 0.119. The van der Waals surface area contributed by atoms with Crippen molar-refractivity contribution in [3.8, 4) is 0 Å². The molecule has 1 aromatic rings. The van der Waals surface area contributed by atoms with Gasteiger partial charge in [-0.05, 0) is 12.1 Å². The molecule has 1 N–H and O–H groups in total. The van der Waals surface area contributed by atoms with E-state index in [2.05, 4.69) is 0 Å². The van der Waals surface area contributed by atoms with Gasteiger partial charge >= 0.3 is 5.97 Å². The molecule has 1 atom stereocenters. The summed E-state index contributed by atoms with van der Waals surface area (Å²) in [5.41, 5.74) is 0.150.